The van der Waals surface area contributed by atoms with Crippen LogP contribution in [0, 0.1) is 0 Å². The molecule has 0 radical (unpaired) electrons. The molecule has 3 N–H and O–H groups in total. The third kappa shape index (κ3) is 4.15. The van der Waals surface area contributed by atoms with Crippen LogP contribution in [0.15, 0.2) is 66.9 Å². The number of carboxylic acid groups (broad SMARTS) is 1. The molecule has 1 aliphatic rings. The quantitative estimate of drug-likeness (QED) is 0.548. The molecule has 1 aromatic heterocycles. The van der Waals surface area contributed by atoms with Crippen molar-refractivity contribution in [1.29, 1.82) is 0 Å². The lowest BCUT2D eigenvalue weighted by atomic mass is 9.98. The molecule has 0 saturated carbocycles. The number of amides is 2. The van der Waals surface area contributed by atoms with Gasteiger partial charge in [0.15, 0.2) is 5.69 Å². The van der Waals surface area contributed by atoms with Crippen LogP contribution in [0.3, 0.4) is 0 Å². The van der Waals surface area contributed by atoms with Gasteiger partial charge in [0.05, 0.1) is 5.69 Å². The lowest BCUT2D eigenvalue weighted by Gasteiger charge is -2.15. The molecule has 32 heavy (non-hydrogen) atoms. The van der Waals surface area contributed by atoms with Crippen LogP contribution in [0.4, 0.5) is 10.5 Å². The van der Waals surface area contributed by atoms with Gasteiger partial charge < -0.3 is 15.2 Å². The lowest BCUT2D eigenvalue weighted by molar-refractivity contribution is -0.138. The molecule has 0 fully saturated rings. The minimum absolute atomic E-state index is 0.0961. The van der Waals surface area contributed by atoms with Crippen molar-refractivity contribution in [2.45, 2.75) is 18.9 Å². The Hall–Kier alpha value is -4.20. The Bertz CT molecular complexity index is 1150. The summed E-state index contributed by atoms with van der Waals surface area (Å²) in [5, 5.41) is 13.8. The minimum Gasteiger partial charge on any atom is -0.480 e. The number of fused-ring (bicyclic) bond motifs is 3. The number of benzene rings is 2. The van der Waals surface area contributed by atoms with Crippen molar-refractivity contribution in [1.82, 2.24) is 10.3 Å². The van der Waals surface area contributed by atoms with Gasteiger partial charge in [-0.1, -0.05) is 48.5 Å². The summed E-state index contributed by atoms with van der Waals surface area (Å²) in [5.74, 6) is -1.99. The van der Waals surface area contributed by atoms with Gasteiger partial charge in [0.2, 0.25) is 0 Å². The van der Waals surface area contributed by atoms with E-state index in [9.17, 15) is 14.4 Å². The highest BCUT2D eigenvalue weighted by Crippen LogP contribution is 2.44. The Morgan fingerprint density at radius 3 is 2.25 bits per heavy atom. The third-order valence-corrected chi connectivity index (χ3v) is 5.32. The molecule has 2 amide bonds. The Balaban J connectivity index is 1.46. The first-order valence-electron chi connectivity index (χ1n) is 10.1. The van der Waals surface area contributed by atoms with E-state index < -0.39 is 24.0 Å². The average Bonchev–Trinajstić information content (AvgIpc) is 3.11. The van der Waals surface area contributed by atoms with Crippen molar-refractivity contribution < 1.29 is 24.2 Å². The lowest BCUT2D eigenvalue weighted by Crippen LogP contribution is -2.39. The van der Waals surface area contributed by atoms with E-state index in [1.165, 1.54) is 19.2 Å². The Morgan fingerprint density at radius 2 is 1.62 bits per heavy atom. The molecule has 0 spiro atoms. The van der Waals surface area contributed by atoms with E-state index in [-0.39, 0.29) is 23.9 Å². The van der Waals surface area contributed by atoms with E-state index in [1.54, 1.807) is 6.07 Å². The number of nitrogens with zero attached hydrogens (tertiary/aromatic N) is 1. The zero-order valence-electron chi connectivity index (χ0n) is 17.2. The van der Waals surface area contributed by atoms with Gasteiger partial charge >= 0.3 is 12.1 Å². The van der Waals surface area contributed by atoms with Gasteiger partial charge in [-0.3, -0.25) is 14.9 Å². The molecule has 162 valence electrons. The van der Waals surface area contributed by atoms with Crippen LogP contribution in [-0.2, 0) is 9.53 Å². The number of carboxylic acids is 1. The van der Waals surface area contributed by atoms with Crippen molar-refractivity contribution in [2.75, 3.05) is 11.9 Å². The first-order valence-corrected chi connectivity index (χ1v) is 10.1. The maximum atomic E-state index is 12.5. The van der Waals surface area contributed by atoms with Gasteiger partial charge in [0, 0.05) is 12.1 Å². The van der Waals surface area contributed by atoms with Crippen LogP contribution >= 0.6 is 0 Å². The highest BCUT2D eigenvalue weighted by Gasteiger charge is 2.29. The van der Waals surface area contributed by atoms with Crippen molar-refractivity contribution in [3.8, 4) is 11.1 Å². The number of nitrogens with one attached hydrogen (secondary N) is 2. The summed E-state index contributed by atoms with van der Waals surface area (Å²) in [6.45, 7) is 1.46. The zero-order valence-corrected chi connectivity index (χ0v) is 17.2. The highest BCUT2D eigenvalue weighted by molar-refractivity contribution is 6.02. The van der Waals surface area contributed by atoms with Crippen LogP contribution in [0.5, 0.6) is 0 Å². The highest BCUT2D eigenvalue weighted by atomic mass is 16.5. The zero-order chi connectivity index (χ0) is 22.7. The third-order valence-electron chi connectivity index (χ3n) is 5.32. The fourth-order valence-corrected chi connectivity index (χ4v) is 3.76. The van der Waals surface area contributed by atoms with Crippen LogP contribution < -0.4 is 10.6 Å². The van der Waals surface area contributed by atoms with E-state index in [4.69, 9.17) is 9.84 Å². The molecule has 8 heteroatoms. The molecule has 3 aromatic rings. The molecule has 2 aromatic carbocycles. The number of anilines is 1. The maximum Gasteiger partial charge on any atom is 0.411 e. The monoisotopic (exact) mass is 431 g/mol. The van der Waals surface area contributed by atoms with E-state index in [2.05, 4.69) is 15.6 Å². The van der Waals surface area contributed by atoms with Gasteiger partial charge in [-0.2, -0.15) is 0 Å². The second-order valence-corrected chi connectivity index (χ2v) is 7.38. The number of carbonyl (C=O) groups is 3. The molecule has 0 saturated heterocycles. The molecular formula is C24H21N3O5. The largest absolute Gasteiger partial charge is 0.480 e. The molecule has 1 atom stereocenters. The van der Waals surface area contributed by atoms with Crippen molar-refractivity contribution in [2.24, 2.45) is 0 Å². The summed E-state index contributed by atoms with van der Waals surface area (Å²) in [6, 6.07) is 17.9. The smallest absolute Gasteiger partial charge is 0.411 e. The second-order valence-electron chi connectivity index (χ2n) is 7.38. The number of ether oxygens (including phenoxy) is 1. The molecule has 8 nitrogen and oxygen atoms in total. The number of pyridine rings is 1. The summed E-state index contributed by atoms with van der Waals surface area (Å²) in [5.41, 5.74) is 4.44. The molecule has 0 aliphatic heterocycles. The maximum absolute atomic E-state index is 12.5. The van der Waals surface area contributed by atoms with Gasteiger partial charge in [-0.05, 0) is 41.3 Å². The molecule has 1 unspecified atom stereocenters. The fraction of sp³-hybridized carbons (Fsp3) is 0.167. The van der Waals surface area contributed by atoms with Crippen molar-refractivity contribution >= 4 is 23.7 Å². The van der Waals surface area contributed by atoms with E-state index >= 15 is 0 Å². The minimum atomic E-state index is -1.18. The standard InChI is InChI=1S/C24H21N3O5/c1-14(23(29)30)26-22(28)21-20(11-6-12-25-21)27-24(31)32-13-19-17-9-4-2-7-15(17)16-8-3-5-10-18(16)19/h2-12,14,19H,13H2,1H3,(H,26,28)(H,27,31)(H,29,30). The summed E-state index contributed by atoms with van der Waals surface area (Å²) >= 11 is 0. The number of hydrogen-bond donors (Lipinski definition) is 3. The van der Waals surface area contributed by atoms with Gasteiger partial charge in [-0.15, -0.1) is 0 Å². The number of rotatable bonds is 6. The number of hydrogen-bond acceptors (Lipinski definition) is 5. The van der Waals surface area contributed by atoms with E-state index in [0.29, 0.717) is 0 Å². The average molecular weight is 431 g/mol. The van der Waals surface area contributed by atoms with E-state index in [1.807, 2.05) is 48.5 Å². The Morgan fingerprint density at radius 1 is 1.00 bits per heavy atom. The van der Waals surface area contributed by atoms with Crippen LogP contribution in [-0.4, -0.2) is 40.7 Å². The van der Waals surface area contributed by atoms with E-state index in [0.717, 1.165) is 22.3 Å². The SMILES string of the molecule is CC(NC(=O)c1ncccc1NC(=O)OCC1c2ccccc2-c2ccccc21)C(=O)O. The predicted molar refractivity (Wildman–Crippen MR) is 117 cm³/mol. The van der Waals surface area contributed by atoms with Gasteiger partial charge in [0.25, 0.3) is 5.91 Å². The molecule has 1 aliphatic carbocycles. The first-order chi connectivity index (χ1) is 15.5. The Kier molecular flexibility index (Phi) is 5.85. The number of aromatic nitrogens is 1. The predicted octanol–water partition coefficient (Wildman–Crippen LogP) is 3.65. The summed E-state index contributed by atoms with van der Waals surface area (Å²) < 4.78 is 5.49. The summed E-state index contributed by atoms with van der Waals surface area (Å²) in [6.07, 6.45) is 0.642. The van der Waals surface area contributed by atoms with Crippen LogP contribution in [0.25, 0.3) is 11.1 Å². The Labute approximate surface area is 184 Å². The normalized spacial score (nSPS) is 12.9. The second kappa shape index (κ2) is 8.89. The van der Waals surface area contributed by atoms with Gasteiger partial charge in [0.1, 0.15) is 12.6 Å². The number of carbonyl (C=O) groups excluding carboxylic acids is 2. The molecule has 4 rings (SSSR count). The topological polar surface area (TPSA) is 118 Å². The number of aliphatic carboxylic acids is 1. The first kappa shape index (κ1) is 21.0. The molecule has 0 bridgehead atoms. The van der Waals surface area contributed by atoms with Crippen LogP contribution in [0.1, 0.15) is 34.5 Å². The van der Waals surface area contributed by atoms with Crippen LogP contribution in [0.2, 0.25) is 0 Å². The fourth-order valence-electron chi connectivity index (χ4n) is 3.76. The van der Waals surface area contributed by atoms with Gasteiger partial charge in [-0.25, -0.2) is 9.78 Å². The summed E-state index contributed by atoms with van der Waals surface area (Å²) in [7, 11) is 0. The van der Waals surface area contributed by atoms with Crippen molar-refractivity contribution in [3.63, 3.8) is 0 Å². The molecule has 1 heterocycles. The molecular weight excluding hydrogens is 410 g/mol. The summed E-state index contributed by atoms with van der Waals surface area (Å²) in [4.78, 5) is 39.8. The van der Waals surface area contributed by atoms with Crippen molar-refractivity contribution in [3.05, 3.63) is 83.7 Å².